The molecule has 0 atom stereocenters. The van der Waals surface area contributed by atoms with Crippen molar-refractivity contribution in [3.63, 3.8) is 0 Å². The molecule has 1 N–H and O–H groups in total. The lowest BCUT2D eigenvalue weighted by atomic mass is 9.64. The van der Waals surface area contributed by atoms with Crippen LogP contribution in [0.5, 0.6) is 0 Å². The van der Waals surface area contributed by atoms with Crippen LogP contribution in [0.2, 0.25) is 0 Å². The summed E-state index contributed by atoms with van der Waals surface area (Å²) in [7, 11) is 1.85. The van der Waals surface area contributed by atoms with E-state index in [4.69, 9.17) is 0 Å². The number of nitrogens with zero attached hydrogens (tertiary/aromatic N) is 3. The maximum Gasteiger partial charge on any atom is 0.235 e. The number of carbonyl (C=O) groups is 1. The summed E-state index contributed by atoms with van der Waals surface area (Å²) in [5.41, 5.74) is 2.60. The van der Waals surface area contributed by atoms with E-state index in [1.54, 1.807) is 23.0 Å². The minimum absolute atomic E-state index is 0.0620. The van der Waals surface area contributed by atoms with Crippen LogP contribution in [-0.2, 0) is 17.3 Å². The van der Waals surface area contributed by atoms with E-state index in [1.165, 1.54) is 12.1 Å². The molecule has 6 heteroatoms. The first-order valence-corrected chi connectivity index (χ1v) is 8.36. The van der Waals surface area contributed by atoms with E-state index in [0.717, 1.165) is 41.6 Å². The van der Waals surface area contributed by atoms with E-state index in [-0.39, 0.29) is 11.7 Å². The summed E-state index contributed by atoms with van der Waals surface area (Å²) in [6.45, 7) is 1.92. The van der Waals surface area contributed by atoms with Gasteiger partial charge in [0.15, 0.2) is 5.65 Å². The Kier molecular flexibility index (Phi) is 3.56. The number of fused-ring (bicyclic) bond motifs is 1. The van der Waals surface area contributed by atoms with Gasteiger partial charge in [0.25, 0.3) is 0 Å². The van der Waals surface area contributed by atoms with Crippen LogP contribution in [0, 0.1) is 12.7 Å². The first kappa shape index (κ1) is 15.7. The lowest BCUT2D eigenvalue weighted by molar-refractivity contribution is -0.124. The first-order chi connectivity index (χ1) is 12.0. The molecule has 1 aromatic carbocycles. The number of hydrogen-bond acceptors (Lipinski definition) is 3. The average Bonchev–Trinajstić information content (AvgIpc) is 2.82. The molecule has 0 aliphatic heterocycles. The second kappa shape index (κ2) is 5.65. The number of halogens is 1. The minimum atomic E-state index is -0.577. The van der Waals surface area contributed by atoms with Crippen molar-refractivity contribution in [2.45, 2.75) is 31.6 Å². The molecule has 3 aromatic rings. The quantitative estimate of drug-likeness (QED) is 0.795. The van der Waals surface area contributed by atoms with Crippen LogP contribution >= 0.6 is 0 Å². The zero-order chi connectivity index (χ0) is 17.6. The molecule has 0 saturated heterocycles. The van der Waals surface area contributed by atoms with Gasteiger partial charge in [-0.05, 0) is 43.5 Å². The number of aromatic nitrogens is 3. The number of aryl methyl sites for hydroxylation is 2. The zero-order valence-corrected chi connectivity index (χ0v) is 14.2. The number of benzene rings is 1. The Morgan fingerprint density at radius 2 is 2.00 bits per heavy atom. The van der Waals surface area contributed by atoms with Gasteiger partial charge in [-0.25, -0.2) is 9.37 Å². The van der Waals surface area contributed by atoms with Crippen LogP contribution in [0.4, 0.5) is 10.1 Å². The van der Waals surface area contributed by atoms with E-state index in [1.807, 2.05) is 20.0 Å². The Hall–Kier alpha value is -2.76. The van der Waals surface area contributed by atoms with Gasteiger partial charge in [-0.1, -0.05) is 18.6 Å². The Balaban J connectivity index is 1.64. The third kappa shape index (κ3) is 2.49. The van der Waals surface area contributed by atoms with Crippen LogP contribution in [0.15, 0.2) is 36.5 Å². The number of nitrogens with one attached hydrogen (secondary N) is 1. The molecule has 1 aliphatic rings. The van der Waals surface area contributed by atoms with Crippen LogP contribution in [0.1, 0.15) is 30.5 Å². The van der Waals surface area contributed by atoms with E-state index < -0.39 is 5.41 Å². The monoisotopic (exact) mass is 338 g/mol. The van der Waals surface area contributed by atoms with Crippen molar-refractivity contribution in [1.82, 2.24) is 14.8 Å². The maximum atomic E-state index is 13.2. The van der Waals surface area contributed by atoms with Gasteiger partial charge in [0.1, 0.15) is 5.82 Å². The van der Waals surface area contributed by atoms with E-state index >= 15 is 0 Å². The first-order valence-electron chi connectivity index (χ1n) is 8.36. The summed E-state index contributed by atoms with van der Waals surface area (Å²) in [6, 6.07) is 8.14. The molecule has 2 heterocycles. The highest BCUT2D eigenvalue weighted by atomic mass is 19.1. The maximum absolute atomic E-state index is 13.2. The van der Waals surface area contributed by atoms with Gasteiger partial charge < -0.3 is 5.32 Å². The fourth-order valence-electron chi connectivity index (χ4n) is 3.57. The van der Waals surface area contributed by atoms with Crippen molar-refractivity contribution in [2.75, 3.05) is 5.32 Å². The van der Waals surface area contributed by atoms with Gasteiger partial charge >= 0.3 is 0 Å². The van der Waals surface area contributed by atoms with Gasteiger partial charge in [0.2, 0.25) is 5.91 Å². The Bertz CT molecular complexity index is 957. The molecule has 2 aromatic heterocycles. The van der Waals surface area contributed by atoms with Gasteiger partial charge in [0, 0.05) is 12.4 Å². The van der Waals surface area contributed by atoms with Crippen LogP contribution in [-0.4, -0.2) is 20.7 Å². The van der Waals surface area contributed by atoms with Crippen molar-refractivity contribution in [2.24, 2.45) is 7.05 Å². The number of anilines is 1. The summed E-state index contributed by atoms with van der Waals surface area (Å²) >= 11 is 0. The second-order valence-electron chi connectivity index (χ2n) is 6.70. The third-order valence-electron chi connectivity index (χ3n) is 5.16. The molecule has 1 fully saturated rings. The fraction of sp³-hybridized carbons (Fsp3) is 0.316. The molecule has 128 valence electrons. The molecule has 0 spiro atoms. The molecule has 1 amide bonds. The van der Waals surface area contributed by atoms with E-state index in [2.05, 4.69) is 15.4 Å². The average molecular weight is 338 g/mol. The molecule has 0 radical (unpaired) electrons. The van der Waals surface area contributed by atoms with Gasteiger partial charge in [0.05, 0.1) is 23.0 Å². The van der Waals surface area contributed by atoms with Gasteiger partial charge in [-0.15, -0.1) is 0 Å². The summed E-state index contributed by atoms with van der Waals surface area (Å²) in [5.74, 6) is -0.353. The fourth-order valence-corrected chi connectivity index (χ4v) is 3.57. The highest BCUT2D eigenvalue weighted by Gasteiger charge is 2.45. The SMILES string of the molecule is Cc1nn(C)c2ncc(NC(=O)C3(c4ccc(F)cc4)CCC3)cc12. The molecule has 5 nitrogen and oxygen atoms in total. The molecule has 1 saturated carbocycles. The Morgan fingerprint density at radius 3 is 2.64 bits per heavy atom. The zero-order valence-electron chi connectivity index (χ0n) is 14.2. The van der Waals surface area contributed by atoms with Crippen molar-refractivity contribution < 1.29 is 9.18 Å². The Morgan fingerprint density at radius 1 is 1.28 bits per heavy atom. The van der Waals surface area contributed by atoms with Crippen molar-refractivity contribution in [3.05, 3.63) is 53.6 Å². The van der Waals surface area contributed by atoms with E-state index in [0.29, 0.717) is 5.69 Å². The minimum Gasteiger partial charge on any atom is -0.324 e. The summed E-state index contributed by atoms with van der Waals surface area (Å²) in [5, 5.41) is 8.26. The van der Waals surface area contributed by atoms with E-state index in [9.17, 15) is 9.18 Å². The van der Waals surface area contributed by atoms with Crippen molar-refractivity contribution >= 4 is 22.6 Å². The predicted molar refractivity (Wildman–Crippen MR) is 93.8 cm³/mol. The second-order valence-corrected chi connectivity index (χ2v) is 6.70. The lowest BCUT2D eigenvalue weighted by Gasteiger charge is -2.40. The number of amides is 1. The number of hydrogen-bond donors (Lipinski definition) is 1. The van der Waals surface area contributed by atoms with Gasteiger partial charge in [-0.3, -0.25) is 9.48 Å². The topological polar surface area (TPSA) is 59.8 Å². The largest absolute Gasteiger partial charge is 0.324 e. The molecule has 1 aliphatic carbocycles. The molecule has 4 rings (SSSR count). The highest BCUT2D eigenvalue weighted by Crippen LogP contribution is 2.44. The molecular formula is C19H19FN4O. The van der Waals surface area contributed by atoms with Crippen LogP contribution < -0.4 is 5.32 Å². The molecule has 0 bridgehead atoms. The van der Waals surface area contributed by atoms with Crippen molar-refractivity contribution in [3.8, 4) is 0 Å². The molecular weight excluding hydrogens is 319 g/mol. The predicted octanol–water partition coefficient (Wildman–Crippen LogP) is 3.48. The number of pyridine rings is 1. The summed E-state index contributed by atoms with van der Waals surface area (Å²) < 4.78 is 14.9. The number of rotatable bonds is 3. The lowest BCUT2D eigenvalue weighted by Crippen LogP contribution is -2.46. The van der Waals surface area contributed by atoms with Crippen LogP contribution in [0.3, 0.4) is 0 Å². The summed E-state index contributed by atoms with van der Waals surface area (Å²) in [4.78, 5) is 17.4. The normalized spacial score (nSPS) is 15.8. The van der Waals surface area contributed by atoms with Crippen LogP contribution in [0.25, 0.3) is 11.0 Å². The molecule has 25 heavy (non-hydrogen) atoms. The smallest absolute Gasteiger partial charge is 0.235 e. The number of carbonyl (C=O) groups excluding carboxylic acids is 1. The molecule has 0 unspecified atom stereocenters. The Labute approximate surface area is 144 Å². The standard InChI is InChI=1S/C19H19FN4O/c1-12-16-10-15(11-21-17(16)24(2)23-12)22-18(25)19(8-3-9-19)13-4-6-14(20)7-5-13/h4-7,10-11H,3,8-9H2,1-2H3,(H,22,25). The van der Waals surface area contributed by atoms with Gasteiger partial charge in [-0.2, -0.15) is 5.10 Å². The van der Waals surface area contributed by atoms with Crippen molar-refractivity contribution in [1.29, 1.82) is 0 Å². The summed E-state index contributed by atoms with van der Waals surface area (Å²) in [6.07, 6.45) is 4.18. The highest BCUT2D eigenvalue weighted by molar-refractivity contribution is 6.00. The third-order valence-corrected chi connectivity index (χ3v) is 5.16.